The van der Waals surface area contributed by atoms with E-state index < -0.39 is 0 Å². The number of nitriles is 2. The molecule has 104 valence electrons. The number of thiazole rings is 1. The maximum atomic E-state index is 10.4. The van der Waals surface area contributed by atoms with Crippen LogP contribution in [0, 0.1) is 22.7 Å². The third-order valence-corrected chi connectivity index (χ3v) is 4.20. The average molecular weight is 303 g/mol. The lowest BCUT2D eigenvalue weighted by Gasteiger charge is -2.02. The smallest absolute Gasteiger partial charge is 0.143 e. The number of hydrogen-bond donors (Lipinski definition) is 1. The molecular formula is C17H9N3OS. The number of aliphatic hydroxyl groups excluding tert-OH is 1. The van der Waals surface area contributed by atoms with Gasteiger partial charge in [-0.1, -0.05) is 12.1 Å². The van der Waals surface area contributed by atoms with E-state index in [-0.39, 0.29) is 11.3 Å². The number of para-hydroxylation sites is 1. The molecule has 0 spiro atoms. The Labute approximate surface area is 130 Å². The molecule has 0 fully saturated rings. The lowest BCUT2D eigenvalue weighted by molar-refractivity contribution is 0.514. The fourth-order valence-corrected chi connectivity index (χ4v) is 2.99. The second-order valence-corrected chi connectivity index (χ2v) is 5.54. The highest BCUT2D eigenvalue weighted by atomic mass is 32.1. The molecule has 4 nitrogen and oxygen atoms in total. The number of aromatic nitrogens is 1. The molecule has 1 N–H and O–H groups in total. The quantitative estimate of drug-likeness (QED) is 0.570. The summed E-state index contributed by atoms with van der Waals surface area (Å²) in [4.78, 5) is 4.39. The third kappa shape index (κ3) is 2.42. The number of nitrogens with zero attached hydrogens (tertiary/aromatic N) is 3. The Morgan fingerprint density at radius 1 is 1.05 bits per heavy atom. The largest absolute Gasteiger partial charge is 0.506 e. The molecule has 22 heavy (non-hydrogen) atoms. The second-order valence-electron chi connectivity index (χ2n) is 4.51. The molecule has 0 aliphatic carbocycles. The van der Waals surface area contributed by atoms with Gasteiger partial charge >= 0.3 is 0 Å². The number of hydrogen-bond acceptors (Lipinski definition) is 5. The van der Waals surface area contributed by atoms with Crippen molar-refractivity contribution in [2.45, 2.75) is 0 Å². The summed E-state index contributed by atoms with van der Waals surface area (Å²) in [5, 5.41) is 29.0. The van der Waals surface area contributed by atoms with Crippen molar-refractivity contribution in [3.05, 3.63) is 64.7 Å². The van der Waals surface area contributed by atoms with Crippen LogP contribution in [0.25, 0.3) is 21.5 Å². The lowest BCUT2D eigenvalue weighted by atomic mass is 10.1. The first-order valence-corrected chi connectivity index (χ1v) is 7.24. The Balaban J connectivity index is 2.11. The first kappa shape index (κ1) is 13.8. The summed E-state index contributed by atoms with van der Waals surface area (Å²) in [6.45, 7) is 0. The molecule has 0 aliphatic rings. The van der Waals surface area contributed by atoms with Gasteiger partial charge in [0.1, 0.15) is 22.4 Å². The Hall–Kier alpha value is -3.15. The van der Waals surface area contributed by atoms with Crippen molar-refractivity contribution in [3.63, 3.8) is 0 Å². The van der Waals surface area contributed by atoms with Crippen LogP contribution < -0.4 is 0 Å². The Morgan fingerprint density at radius 3 is 2.41 bits per heavy atom. The number of aliphatic hydroxyl groups is 1. The Bertz CT molecular complexity index is 923. The molecule has 0 unspecified atom stereocenters. The van der Waals surface area contributed by atoms with E-state index in [4.69, 9.17) is 5.26 Å². The molecule has 0 atom stereocenters. The molecule has 2 aromatic carbocycles. The highest BCUT2D eigenvalue weighted by Crippen LogP contribution is 2.30. The first-order valence-electron chi connectivity index (χ1n) is 6.42. The van der Waals surface area contributed by atoms with Crippen LogP contribution in [0.2, 0.25) is 0 Å². The zero-order chi connectivity index (χ0) is 15.5. The van der Waals surface area contributed by atoms with Crippen LogP contribution in [-0.2, 0) is 0 Å². The summed E-state index contributed by atoms with van der Waals surface area (Å²) in [6.07, 6.45) is 0. The van der Waals surface area contributed by atoms with Gasteiger partial charge in [-0.3, -0.25) is 0 Å². The van der Waals surface area contributed by atoms with Crippen LogP contribution in [0.4, 0.5) is 0 Å². The summed E-state index contributed by atoms with van der Waals surface area (Å²) >= 11 is 1.36. The molecule has 1 heterocycles. The van der Waals surface area contributed by atoms with Crippen LogP contribution in [0.5, 0.6) is 0 Å². The molecule has 0 radical (unpaired) electrons. The van der Waals surface area contributed by atoms with E-state index in [0.717, 1.165) is 10.2 Å². The molecule has 3 rings (SSSR count). The molecule has 0 bridgehead atoms. The second kappa shape index (κ2) is 5.69. The van der Waals surface area contributed by atoms with Gasteiger partial charge in [0, 0.05) is 5.56 Å². The minimum Gasteiger partial charge on any atom is -0.506 e. The molecule has 3 aromatic rings. The minimum absolute atomic E-state index is 0.130. The van der Waals surface area contributed by atoms with Crippen molar-refractivity contribution >= 4 is 32.9 Å². The van der Waals surface area contributed by atoms with Crippen molar-refractivity contribution < 1.29 is 5.11 Å². The summed E-state index contributed by atoms with van der Waals surface area (Å²) in [7, 11) is 0. The summed E-state index contributed by atoms with van der Waals surface area (Å²) < 4.78 is 0.956. The van der Waals surface area contributed by atoms with Crippen molar-refractivity contribution in [2.75, 3.05) is 0 Å². The van der Waals surface area contributed by atoms with Crippen LogP contribution in [0.1, 0.15) is 16.1 Å². The van der Waals surface area contributed by atoms with Crippen LogP contribution in [0.3, 0.4) is 0 Å². The van der Waals surface area contributed by atoms with Gasteiger partial charge in [0.05, 0.1) is 21.8 Å². The van der Waals surface area contributed by atoms with Gasteiger partial charge < -0.3 is 5.11 Å². The van der Waals surface area contributed by atoms with E-state index >= 15 is 0 Å². The van der Waals surface area contributed by atoms with Crippen molar-refractivity contribution in [2.24, 2.45) is 0 Å². The molecule has 5 heteroatoms. The van der Waals surface area contributed by atoms with Crippen LogP contribution >= 0.6 is 11.3 Å². The maximum Gasteiger partial charge on any atom is 0.143 e. The SMILES string of the molecule is N#CC(=C(O)c1ccc(C#N)cc1)c1nc2ccccc2s1. The lowest BCUT2D eigenvalue weighted by Crippen LogP contribution is -1.90. The number of rotatable bonds is 2. The molecule has 0 aliphatic heterocycles. The van der Waals surface area contributed by atoms with Gasteiger partial charge in [0.2, 0.25) is 0 Å². The summed E-state index contributed by atoms with van der Waals surface area (Å²) in [5.41, 5.74) is 1.90. The van der Waals surface area contributed by atoms with Gasteiger partial charge in [-0.05, 0) is 36.4 Å². The summed E-state index contributed by atoms with van der Waals surface area (Å²) in [5.74, 6) is -0.133. The predicted octanol–water partition coefficient (Wildman–Crippen LogP) is 4.12. The van der Waals surface area contributed by atoms with Gasteiger partial charge in [-0.15, -0.1) is 11.3 Å². The van der Waals surface area contributed by atoms with Gasteiger partial charge in [-0.25, -0.2) is 4.98 Å². The highest BCUT2D eigenvalue weighted by molar-refractivity contribution is 7.19. The number of benzene rings is 2. The van der Waals surface area contributed by atoms with E-state index in [1.807, 2.05) is 36.4 Å². The topological polar surface area (TPSA) is 80.7 Å². The molecule has 0 saturated carbocycles. The van der Waals surface area contributed by atoms with E-state index in [2.05, 4.69) is 4.98 Å². The highest BCUT2D eigenvalue weighted by Gasteiger charge is 2.15. The average Bonchev–Trinajstić information content (AvgIpc) is 2.99. The van der Waals surface area contributed by atoms with E-state index in [1.54, 1.807) is 24.3 Å². The van der Waals surface area contributed by atoms with Crippen molar-refractivity contribution in [1.82, 2.24) is 4.98 Å². The van der Waals surface area contributed by atoms with Crippen LogP contribution in [-0.4, -0.2) is 10.1 Å². The number of fused-ring (bicyclic) bond motifs is 1. The maximum absolute atomic E-state index is 10.4. The minimum atomic E-state index is -0.133. The fraction of sp³-hybridized carbons (Fsp3) is 0. The normalized spacial score (nSPS) is 11.5. The summed E-state index contributed by atoms with van der Waals surface area (Å²) in [6, 6.07) is 18.0. The van der Waals surface area contributed by atoms with Gasteiger partial charge in [0.15, 0.2) is 0 Å². The van der Waals surface area contributed by atoms with E-state index in [9.17, 15) is 10.4 Å². The zero-order valence-corrected chi connectivity index (χ0v) is 12.1. The molecule has 0 saturated heterocycles. The van der Waals surface area contributed by atoms with E-state index in [1.165, 1.54) is 11.3 Å². The van der Waals surface area contributed by atoms with Crippen molar-refractivity contribution in [3.8, 4) is 12.1 Å². The first-order chi connectivity index (χ1) is 10.7. The van der Waals surface area contributed by atoms with Crippen molar-refractivity contribution in [1.29, 1.82) is 10.5 Å². The standard InChI is InChI=1S/C17H9N3OS/c18-9-11-5-7-12(8-6-11)16(21)13(10-19)17-20-14-3-1-2-4-15(14)22-17/h1-8,21H. The monoisotopic (exact) mass is 303 g/mol. The Kier molecular flexibility index (Phi) is 3.57. The fourth-order valence-electron chi connectivity index (χ4n) is 2.03. The van der Waals surface area contributed by atoms with E-state index in [0.29, 0.717) is 16.1 Å². The van der Waals surface area contributed by atoms with Crippen LogP contribution in [0.15, 0.2) is 48.5 Å². The zero-order valence-electron chi connectivity index (χ0n) is 11.3. The Morgan fingerprint density at radius 2 is 1.77 bits per heavy atom. The molecular weight excluding hydrogens is 294 g/mol. The number of allylic oxidation sites excluding steroid dienone is 1. The third-order valence-electron chi connectivity index (χ3n) is 3.14. The molecule has 1 aromatic heterocycles. The molecule has 0 amide bonds. The predicted molar refractivity (Wildman–Crippen MR) is 85.8 cm³/mol. The van der Waals surface area contributed by atoms with Gasteiger partial charge in [0.25, 0.3) is 0 Å². The van der Waals surface area contributed by atoms with Gasteiger partial charge in [-0.2, -0.15) is 10.5 Å².